The molecule has 0 fully saturated rings. The van der Waals surface area contributed by atoms with Gasteiger partial charge in [-0.15, -0.1) is 0 Å². The molecule has 0 radical (unpaired) electrons. The lowest BCUT2D eigenvalue weighted by Crippen LogP contribution is -2.31. The van der Waals surface area contributed by atoms with Crippen LogP contribution < -0.4 is 10.1 Å². The number of halogens is 1. The van der Waals surface area contributed by atoms with E-state index in [2.05, 4.69) is 12.2 Å². The van der Waals surface area contributed by atoms with Gasteiger partial charge in [-0.2, -0.15) is 0 Å². The summed E-state index contributed by atoms with van der Waals surface area (Å²) >= 11 is 6.16. The first kappa shape index (κ1) is 16.8. The van der Waals surface area contributed by atoms with E-state index < -0.39 is 0 Å². The Morgan fingerprint density at radius 1 is 1.40 bits per heavy atom. The molecule has 0 heterocycles. The van der Waals surface area contributed by atoms with Crippen LogP contribution in [0.25, 0.3) is 0 Å². The summed E-state index contributed by atoms with van der Waals surface area (Å²) in [6, 6.07) is 5.62. The third-order valence-corrected chi connectivity index (χ3v) is 3.33. The Bertz CT molecular complexity index is 438. The van der Waals surface area contributed by atoms with Gasteiger partial charge in [-0.1, -0.05) is 30.7 Å². The minimum atomic E-state index is -0.0557. The van der Waals surface area contributed by atoms with E-state index in [1.807, 2.05) is 19.1 Å². The number of nitrogens with zero attached hydrogens (tertiary/aromatic N) is 1. The summed E-state index contributed by atoms with van der Waals surface area (Å²) in [5, 5.41) is 3.84. The number of benzene rings is 1. The highest BCUT2D eigenvalue weighted by atomic mass is 35.5. The van der Waals surface area contributed by atoms with Crippen molar-refractivity contribution in [2.45, 2.75) is 26.8 Å². The minimum absolute atomic E-state index is 0.00878. The second-order valence-corrected chi connectivity index (χ2v) is 5.01. The van der Waals surface area contributed by atoms with Crippen molar-refractivity contribution in [3.8, 4) is 5.75 Å². The molecular formula is C15H23ClN2O2. The minimum Gasteiger partial charge on any atom is -0.482 e. The van der Waals surface area contributed by atoms with Gasteiger partial charge in [0.2, 0.25) is 0 Å². The van der Waals surface area contributed by atoms with Crippen molar-refractivity contribution >= 4 is 17.5 Å². The average Bonchev–Trinajstić information content (AvgIpc) is 2.45. The molecule has 5 heteroatoms. The first-order valence-electron chi connectivity index (χ1n) is 6.95. The number of likely N-dealkylation sites (N-methyl/N-ethyl adjacent to an activating group) is 1. The first-order chi connectivity index (χ1) is 9.60. The Morgan fingerprint density at radius 3 is 2.80 bits per heavy atom. The zero-order valence-corrected chi connectivity index (χ0v) is 13.2. The van der Waals surface area contributed by atoms with E-state index in [4.69, 9.17) is 16.3 Å². The van der Waals surface area contributed by atoms with Crippen LogP contribution in [-0.4, -0.2) is 37.6 Å². The van der Waals surface area contributed by atoms with Crippen molar-refractivity contribution < 1.29 is 9.53 Å². The predicted molar refractivity (Wildman–Crippen MR) is 82.3 cm³/mol. The van der Waals surface area contributed by atoms with Crippen LogP contribution in [0.2, 0.25) is 5.02 Å². The molecule has 0 unspecified atom stereocenters. The third kappa shape index (κ3) is 5.02. The number of hydrogen-bond acceptors (Lipinski definition) is 3. The van der Waals surface area contributed by atoms with Gasteiger partial charge in [0.25, 0.3) is 5.91 Å². The lowest BCUT2D eigenvalue weighted by Gasteiger charge is -2.17. The fourth-order valence-corrected chi connectivity index (χ4v) is 1.92. The van der Waals surface area contributed by atoms with Crippen LogP contribution in [0.15, 0.2) is 18.2 Å². The number of rotatable bonds is 8. The van der Waals surface area contributed by atoms with Crippen molar-refractivity contribution in [2.75, 3.05) is 26.7 Å². The SMILES string of the molecule is CCCNCc1cccc(Cl)c1OCC(=O)N(C)CC. The van der Waals surface area contributed by atoms with Gasteiger partial charge in [0.1, 0.15) is 5.75 Å². The molecule has 1 aromatic rings. The Kier molecular flexibility index (Phi) is 7.41. The van der Waals surface area contributed by atoms with Gasteiger partial charge >= 0.3 is 0 Å². The molecule has 1 aromatic carbocycles. The fourth-order valence-electron chi connectivity index (χ4n) is 1.67. The largest absolute Gasteiger partial charge is 0.482 e. The van der Waals surface area contributed by atoms with Gasteiger partial charge in [-0.05, 0) is 26.0 Å². The first-order valence-corrected chi connectivity index (χ1v) is 7.32. The fraction of sp³-hybridized carbons (Fsp3) is 0.533. The molecule has 0 saturated heterocycles. The standard InChI is InChI=1S/C15H23ClN2O2/c1-4-9-17-10-12-7-6-8-13(16)15(12)20-11-14(19)18(3)5-2/h6-8,17H,4-5,9-11H2,1-3H3. The molecule has 20 heavy (non-hydrogen) atoms. The van der Waals surface area contributed by atoms with E-state index in [0.717, 1.165) is 18.5 Å². The van der Waals surface area contributed by atoms with E-state index >= 15 is 0 Å². The number of carbonyl (C=O) groups excluding carboxylic acids is 1. The lowest BCUT2D eigenvalue weighted by atomic mass is 10.2. The van der Waals surface area contributed by atoms with Crippen molar-refractivity contribution in [1.82, 2.24) is 10.2 Å². The normalized spacial score (nSPS) is 10.4. The Labute approximate surface area is 126 Å². The van der Waals surface area contributed by atoms with Crippen molar-refractivity contribution in [3.63, 3.8) is 0 Å². The molecule has 0 saturated carbocycles. The summed E-state index contributed by atoms with van der Waals surface area (Å²) in [7, 11) is 1.75. The van der Waals surface area contributed by atoms with Crippen LogP contribution in [-0.2, 0) is 11.3 Å². The highest BCUT2D eigenvalue weighted by Gasteiger charge is 2.12. The summed E-state index contributed by atoms with van der Waals surface area (Å²) in [5.41, 5.74) is 0.970. The summed E-state index contributed by atoms with van der Waals surface area (Å²) < 4.78 is 5.62. The summed E-state index contributed by atoms with van der Waals surface area (Å²) in [6.45, 7) is 6.32. The number of para-hydroxylation sites is 1. The highest BCUT2D eigenvalue weighted by molar-refractivity contribution is 6.32. The number of carbonyl (C=O) groups is 1. The number of amides is 1. The second-order valence-electron chi connectivity index (χ2n) is 4.60. The van der Waals surface area contributed by atoms with Crippen LogP contribution in [0, 0.1) is 0 Å². The second kappa shape index (κ2) is 8.82. The molecule has 0 spiro atoms. The maximum absolute atomic E-state index is 11.8. The van der Waals surface area contributed by atoms with E-state index in [0.29, 0.717) is 23.9 Å². The smallest absolute Gasteiger partial charge is 0.260 e. The van der Waals surface area contributed by atoms with E-state index in [-0.39, 0.29) is 12.5 Å². The molecule has 0 bridgehead atoms. The van der Waals surface area contributed by atoms with Gasteiger partial charge in [-0.3, -0.25) is 4.79 Å². The number of nitrogens with one attached hydrogen (secondary N) is 1. The van der Waals surface area contributed by atoms with Gasteiger partial charge in [0.15, 0.2) is 6.61 Å². The monoisotopic (exact) mass is 298 g/mol. The van der Waals surface area contributed by atoms with Gasteiger partial charge in [-0.25, -0.2) is 0 Å². The number of ether oxygens (including phenoxy) is 1. The van der Waals surface area contributed by atoms with Crippen LogP contribution in [0.1, 0.15) is 25.8 Å². The lowest BCUT2D eigenvalue weighted by molar-refractivity contribution is -0.131. The maximum atomic E-state index is 11.8. The molecule has 0 aliphatic rings. The summed E-state index contributed by atoms with van der Waals surface area (Å²) in [4.78, 5) is 13.4. The van der Waals surface area contributed by atoms with Crippen LogP contribution in [0.4, 0.5) is 0 Å². The van der Waals surface area contributed by atoms with Gasteiger partial charge < -0.3 is 15.0 Å². The third-order valence-electron chi connectivity index (χ3n) is 3.03. The van der Waals surface area contributed by atoms with Gasteiger partial charge in [0.05, 0.1) is 5.02 Å². The molecule has 0 atom stereocenters. The summed E-state index contributed by atoms with van der Waals surface area (Å²) in [5.74, 6) is 0.538. The van der Waals surface area contributed by atoms with E-state index in [9.17, 15) is 4.79 Å². The zero-order chi connectivity index (χ0) is 15.0. The van der Waals surface area contributed by atoms with Crippen molar-refractivity contribution in [3.05, 3.63) is 28.8 Å². The predicted octanol–water partition coefficient (Wildman–Crippen LogP) is 2.70. The Balaban J connectivity index is 2.69. The van der Waals surface area contributed by atoms with Crippen molar-refractivity contribution in [1.29, 1.82) is 0 Å². The zero-order valence-electron chi connectivity index (χ0n) is 12.4. The Morgan fingerprint density at radius 2 is 2.15 bits per heavy atom. The van der Waals surface area contributed by atoms with Crippen LogP contribution in [0.5, 0.6) is 5.75 Å². The molecule has 1 amide bonds. The molecule has 0 aliphatic carbocycles. The molecule has 4 nitrogen and oxygen atoms in total. The molecule has 1 N–H and O–H groups in total. The van der Waals surface area contributed by atoms with Crippen LogP contribution in [0.3, 0.4) is 0 Å². The van der Waals surface area contributed by atoms with Crippen LogP contribution >= 0.6 is 11.6 Å². The topological polar surface area (TPSA) is 41.6 Å². The van der Waals surface area contributed by atoms with E-state index in [1.165, 1.54) is 0 Å². The van der Waals surface area contributed by atoms with Gasteiger partial charge in [0, 0.05) is 25.7 Å². The van der Waals surface area contributed by atoms with E-state index in [1.54, 1.807) is 18.0 Å². The molecular weight excluding hydrogens is 276 g/mol. The molecule has 1 rings (SSSR count). The molecule has 0 aliphatic heterocycles. The Hall–Kier alpha value is -1.26. The summed E-state index contributed by atoms with van der Waals surface area (Å²) in [6.07, 6.45) is 1.07. The molecule has 112 valence electrons. The highest BCUT2D eigenvalue weighted by Crippen LogP contribution is 2.28. The number of hydrogen-bond donors (Lipinski definition) is 1. The quantitative estimate of drug-likeness (QED) is 0.750. The maximum Gasteiger partial charge on any atom is 0.260 e. The molecule has 0 aromatic heterocycles. The van der Waals surface area contributed by atoms with Crippen molar-refractivity contribution in [2.24, 2.45) is 0 Å². The average molecular weight is 299 g/mol.